The van der Waals surface area contributed by atoms with Crippen LogP contribution in [0.5, 0.6) is 0 Å². The normalized spacial score (nSPS) is 15.9. The Kier molecular flexibility index (Phi) is 8.48. The van der Waals surface area contributed by atoms with Gasteiger partial charge >= 0.3 is 0 Å². The van der Waals surface area contributed by atoms with Crippen molar-refractivity contribution in [1.29, 1.82) is 0 Å². The maximum Gasteiger partial charge on any atom is 0.233 e. The Balaban J connectivity index is 1.60. The molecule has 168 valence electrons. The van der Waals surface area contributed by atoms with Crippen molar-refractivity contribution >= 4 is 23.6 Å². The van der Waals surface area contributed by atoms with Crippen LogP contribution in [0.4, 0.5) is 0 Å². The van der Waals surface area contributed by atoms with Gasteiger partial charge in [0.15, 0.2) is 5.16 Å². The Bertz CT molecular complexity index is 878. The summed E-state index contributed by atoms with van der Waals surface area (Å²) in [5, 5.41) is 9.18. The molecule has 0 bridgehead atoms. The Morgan fingerprint density at radius 3 is 2.65 bits per heavy atom. The molecule has 2 aromatic rings. The van der Waals surface area contributed by atoms with Crippen molar-refractivity contribution < 1.29 is 14.3 Å². The first-order valence-electron chi connectivity index (χ1n) is 10.7. The molecule has 0 saturated carbocycles. The number of nitrogens with two attached hydrogens (primary N) is 1. The average molecular weight is 446 g/mol. The topological polar surface area (TPSA) is 103 Å². The van der Waals surface area contributed by atoms with Crippen molar-refractivity contribution in [3.05, 3.63) is 41.2 Å². The zero-order valence-electron chi connectivity index (χ0n) is 18.2. The van der Waals surface area contributed by atoms with Gasteiger partial charge in [-0.05, 0) is 30.4 Å². The smallest absolute Gasteiger partial charge is 0.233 e. The monoisotopic (exact) mass is 445 g/mol. The first kappa shape index (κ1) is 23.3. The zero-order valence-corrected chi connectivity index (χ0v) is 19.1. The van der Waals surface area contributed by atoms with Crippen molar-refractivity contribution in [1.82, 2.24) is 19.7 Å². The molecule has 2 N–H and O–H groups in total. The van der Waals surface area contributed by atoms with Crippen molar-refractivity contribution in [2.45, 2.75) is 63.4 Å². The van der Waals surface area contributed by atoms with Gasteiger partial charge in [0.1, 0.15) is 5.82 Å². The molecule has 3 rings (SSSR count). The fraction of sp³-hybridized carbons (Fsp3) is 0.545. The molecular formula is C22H31N5O3S. The molecular weight excluding hydrogens is 414 g/mol. The van der Waals surface area contributed by atoms with Gasteiger partial charge < -0.3 is 19.9 Å². The number of rotatable bonds is 11. The number of thioether (sulfide) groups is 1. The maximum absolute atomic E-state index is 12.7. The van der Waals surface area contributed by atoms with Crippen LogP contribution in [0, 0.1) is 0 Å². The van der Waals surface area contributed by atoms with E-state index in [1.165, 1.54) is 17.3 Å². The van der Waals surface area contributed by atoms with Gasteiger partial charge in [-0.2, -0.15) is 0 Å². The molecule has 1 aromatic carbocycles. The van der Waals surface area contributed by atoms with Crippen molar-refractivity contribution in [2.24, 2.45) is 5.73 Å². The number of ether oxygens (including phenoxy) is 1. The predicted molar refractivity (Wildman–Crippen MR) is 120 cm³/mol. The second kappa shape index (κ2) is 11.3. The Hall–Kier alpha value is -2.39. The van der Waals surface area contributed by atoms with Crippen LogP contribution in [0.3, 0.4) is 0 Å². The lowest BCUT2D eigenvalue weighted by molar-refractivity contribution is -0.127. The van der Waals surface area contributed by atoms with Crippen molar-refractivity contribution in [3.63, 3.8) is 0 Å². The molecule has 1 saturated heterocycles. The second-order valence-electron chi connectivity index (χ2n) is 7.82. The summed E-state index contributed by atoms with van der Waals surface area (Å²) in [6, 6.07) is 8.34. The van der Waals surface area contributed by atoms with E-state index in [1.807, 2.05) is 11.6 Å². The highest BCUT2D eigenvalue weighted by molar-refractivity contribution is 7.99. The molecule has 8 nitrogen and oxygen atoms in total. The summed E-state index contributed by atoms with van der Waals surface area (Å²) in [4.78, 5) is 25.6. The van der Waals surface area contributed by atoms with Crippen molar-refractivity contribution in [3.8, 4) is 0 Å². The number of benzene rings is 1. The number of amides is 2. The summed E-state index contributed by atoms with van der Waals surface area (Å²) in [5.41, 5.74) is 7.68. The van der Waals surface area contributed by atoms with Crippen LogP contribution in [0.25, 0.3) is 0 Å². The van der Waals surface area contributed by atoms with Gasteiger partial charge in [0.2, 0.25) is 11.8 Å². The summed E-state index contributed by atoms with van der Waals surface area (Å²) in [7, 11) is 1.81. The molecule has 9 heteroatoms. The van der Waals surface area contributed by atoms with E-state index in [2.05, 4.69) is 41.4 Å². The second-order valence-corrected chi connectivity index (χ2v) is 8.76. The number of carbonyl (C=O) groups is 2. The number of hydrogen-bond acceptors (Lipinski definition) is 6. The van der Waals surface area contributed by atoms with E-state index in [9.17, 15) is 9.59 Å². The fourth-order valence-electron chi connectivity index (χ4n) is 3.50. The number of hydrogen-bond donors (Lipinski definition) is 1. The lowest BCUT2D eigenvalue weighted by Gasteiger charge is -2.18. The molecule has 31 heavy (non-hydrogen) atoms. The minimum atomic E-state index is -0.371. The highest BCUT2D eigenvalue weighted by Gasteiger charge is 2.22. The van der Waals surface area contributed by atoms with Gasteiger partial charge in [0, 0.05) is 33.0 Å². The highest BCUT2D eigenvalue weighted by Crippen LogP contribution is 2.22. The Labute approximate surface area is 187 Å². The summed E-state index contributed by atoms with van der Waals surface area (Å²) >= 11 is 1.36. The van der Waals surface area contributed by atoms with Crippen LogP contribution < -0.4 is 5.73 Å². The predicted octanol–water partition coefficient (Wildman–Crippen LogP) is 2.19. The summed E-state index contributed by atoms with van der Waals surface area (Å²) in [6.45, 7) is 4.07. The average Bonchev–Trinajstić information content (AvgIpc) is 3.41. The van der Waals surface area contributed by atoms with Gasteiger partial charge in [0.05, 0.1) is 18.4 Å². The third-order valence-corrected chi connectivity index (χ3v) is 6.35. The lowest BCUT2D eigenvalue weighted by atomic mass is 10.1. The van der Waals surface area contributed by atoms with Crippen LogP contribution >= 0.6 is 11.8 Å². The number of primary amides is 1. The van der Waals surface area contributed by atoms with Crippen LogP contribution in [0.2, 0.25) is 0 Å². The van der Waals surface area contributed by atoms with E-state index >= 15 is 0 Å². The number of aromatic nitrogens is 3. The van der Waals surface area contributed by atoms with E-state index in [0.717, 1.165) is 31.4 Å². The van der Waals surface area contributed by atoms with E-state index < -0.39 is 0 Å². The lowest BCUT2D eigenvalue weighted by Crippen LogP contribution is -2.28. The molecule has 1 aromatic heterocycles. The number of nitrogens with zero attached hydrogens (tertiary/aromatic N) is 4. The van der Waals surface area contributed by atoms with Crippen LogP contribution in [-0.4, -0.2) is 57.0 Å². The maximum atomic E-state index is 12.7. The fourth-order valence-corrected chi connectivity index (χ4v) is 4.41. The largest absolute Gasteiger partial charge is 0.376 e. The standard InChI is InChI=1S/C22H31N5O3S/c1-3-16-6-8-17(9-7-16)13-26(2)21(29)15-31-22-25-24-20(11-10-19(23)28)27(22)14-18-5-4-12-30-18/h6-9,18H,3-5,10-15H2,1-2H3,(H2,23,28). The summed E-state index contributed by atoms with van der Waals surface area (Å²) in [6.07, 6.45) is 3.76. The summed E-state index contributed by atoms with van der Waals surface area (Å²) in [5.74, 6) is 0.622. The molecule has 1 aliphatic heterocycles. The van der Waals surface area contributed by atoms with E-state index in [0.29, 0.717) is 30.5 Å². The first-order chi connectivity index (χ1) is 15.0. The van der Waals surface area contributed by atoms with Gasteiger partial charge in [-0.3, -0.25) is 9.59 Å². The quantitative estimate of drug-likeness (QED) is 0.532. The van der Waals surface area contributed by atoms with Crippen LogP contribution in [0.1, 0.15) is 43.1 Å². The third kappa shape index (κ3) is 6.80. The molecule has 0 aliphatic carbocycles. The molecule has 1 fully saturated rings. The minimum Gasteiger partial charge on any atom is -0.376 e. The van der Waals surface area contributed by atoms with Gasteiger partial charge in [-0.1, -0.05) is 43.0 Å². The zero-order chi connectivity index (χ0) is 22.2. The minimum absolute atomic E-state index is 0.0231. The number of carbonyl (C=O) groups excluding carboxylic acids is 2. The summed E-state index contributed by atoms with van der Waals surface area (Å²) < 4.78 is 7.73. The van der Waals surface area contributed by atoms with Crippen molar-refractivity contribution in [2.75, 3.05) is 19.4 Å². The van der Waals surface area contributed by atoms with Crippen LogP contribution in [-0.2, 0) is 40.3 Å². The van der Waals surface area contributed by atoms with Gasteiger partial charge in [0.25, 0.3) is 0 Å². The Morgan fingerprint density at radius 2 is 2.00 bits per heavy atom. The molecule has 2 heterocycles. The SMILES string of the molecule is CCc1ccc(CN(C)C(=O)CSc2nnc(CCC(N)=O)n2CC2CCCO2)cc1. The molecule has 2 amide bonds. The molecule has 1 atom stereocenters. The van der Waals surface area contributed by atoms with Gasteiger partial charge in [-0.15, -0.1) is 10.2 Å². The first-order valence-corrected chi connectivity index (χ1v) is 11.7. The molecule has 1 aliphatic rings. The highest BCUT2D eigenvalue weighted by atomic mass is 32.2. The third-order valence-electron chi connectivity index (χ3n) is 5.40. The van der Waals surface area contributed by atoms with E-state index in [4.69, 9.17) is 10.5 Å². The molecule has 1 unspecified atom stereocenters. The molecule has 0 radical (unpaired) electrons. The van der Waals surface area contributed by atoms with Crippen LogP contribution in [0.15, 0.2) is 29.4 Å². The van der Waals surface area contributed by atoms with E-state index in [-0.39, 0.29) is 30.1 Å². The van der Waals surface area contributed by atoms with Gasteiger partial charge in [-0.25, -0.2) is 0 Å². The Morgan fingerprint density at radius 1 is 1.26 bits per heavy atom. The number of aryl methyl sites for hydroxylation is 2. The molecule has 0 spiro atoms. The van der Waals surface area contributed by atoms with E-state index in [1.54, 1.807) is 4.90 Å².